The van der Waals surface area contributed by atoms with Crippen molar-refractivity contribution in [1.29, 1.82) is 0 Å². The molecule has 1 rings (SSSR count). The standard InChI is InChI=1S/C7H13FO2.C7H9NO/c1-5(2)3-6(4-8)7(9)10;8-9-6-7-4-2-1-3-5-7/h5-6H,3-4H2,1-2H3,(H,9,10);1-5H,6,8H2. The Morgan fingerprint density at radius 2 is 1.95 bits per heavy atom. The number of nitrogens with two attached hydrogens (primary N) is 1. The number of rotatable bonds is 6. The summed E-state index contributed by atoms with van der Waals surface area (Å²) in [5, 5.41) is 8.38. The molecular formula is C14H22FNO3. The molecule has 1 aromatic rings. The van der Waals surface area contributed by atoms with Crippen molar-refractivity contribution in [2.24, 2.45) is 17.7 Å². The summed E-state index contributed by atoms with van der Waals surface area (Å²) in [4.78, 5) is 14.7. The number of aliphatic carboxylic acids is 1. The van der Waals surface area contributed by atoms with Crippen molar-refractivity contribution >= 4 is 5.97 Å². The zero-order valence-electron chi connectivity index (χ0n) is 11.4. The highest BCUT2D eigenvalue weighted by molar-refractivity contribution is 5.70. The molecule has 1 atom stereocenters. The number of benzene rings is 1. The average Bonchev–Trinajstić information content (AvgIpc) is 2.38. The molecule has 0 fully saturated rings. The van der Waals surface area contributed by atoms with Crippen LogP contribution in [0.5, 0.6) is 0 Å². The summed E-state index contributed by atoms with van der Waals surface area (Å²) in [5.74, 6) is 3.27. The van der Waals surface area contributed by atoms with E-state index in [1.807, 2.05) is 44.2 Å². The lowest BCUT2D eigenvalue weighted by molar-refractivity contribution is -0.142. The van der Waals surface area contributed by atoms with Crippen molar-refractivity contribution in [1.82, 2.24) is 0 Å². The first-order valence-electron chi connectivity index (χ1n) is 6.15. The third kappa shape index (κ3) is 9.16. The molecule has 3 N–H and O–H groups in total. The van der Waals surface area contributed by atoms with Gasteiger partial charge in [-0.2, -0.15) is 0 Å². The predicted molar refractivity (Wildman–Crippen MR) is 72.0 cm³/mol. The molecule has 0 saturated heterocycles. The predicted octanol–water partition coefficient (Wildman–Crippen LogP) is 2.78. The Morgan fingerprint density at radius 3 is 2.26 bits per heavy atom. The minimum absolute atomic E-state index is 0.247. The zero-order chi connectivity index (χ0) is 14.7. The van der Waals surface area contributed by atoms with Crippen LogP contribution in [0, 0.1) is 11.8 Å². The van der Waals surface area contributed by atoms with E-state index in [1.165, 1.54) is 0 Å². The maximum Gasteiger partial charge on any atom is 0.309 e. The molecule has 0 aliphatic rings. The SMILES string of the molecule is CC(C)CC(CF)C(=O)O.NOCc1ccccc1. The fourth-order valence-electron chi connectivity index (χ4n) is 1.47. The van der Waals surface area contributed by atoms with Gasteiger partial charge in [-0.15, -0.1) is 0 Å². The molecule has 1 aromatic carbocycles. The van der Waals surface area contributed by atoms with Gasteiger partial charge in [0.2, 0.25) is 0 Å². The van der Waals surface area contributed by atoms with Gasteiger partial charge in [-0.25, -0.2) is 5.90 Å². The van der Waals surface area contributed by atoms with E-state index in [2.05, 4.69) is 4.84 Å². The second-order valence-corrected chi connectivity index (χ2v) is 4.62. The number of carboxylic acids is 1. The smallest absolute Gasteiger partial charge is 0.309 e. The van der Waals surface area contributed by atoms with Gasteiger partial charge in [0.25, 0.3) is 0 Å². The average molecular weight is 271 g/mol. The Morgan fingerprint density at radius 1 is 1.37 bits per heavy atom. The molecule has 0 radical (unpaired) electrons. The van der Waals surface area contributed by atoms with Crippen LogP contribution in [0.2, 0.25) is 0 Å². The van der Waals surface area contributed by atoms with Gasteiger partial charge >= 0.3 is 5.97 Å². The fraction of sp³-hybridized carbons (Fsp3) is 0.500. The van der Waals surface area contributed by atoms with Gasteiger partial charge in [0.05, 0.1) is 12.5 Å². The lowest BCUT2D eigenvalue weighted by atomic mass is 9.99. The molecule has 1 unspecified atom stereocenters. The van der Waals surface area contributed by atoms with Crippen LogP contribution in [-0.2, 0) is 16.2 Å². The fourth-order valence-corrected chi connectivity index (χ4v) is 1.47. The van der Waals surface area contributed by atoms with Crippen LogP contribution < -0.4 is 5.90 Å². The lowest BCUT2D eigenvalue weighted by Gasteiger charge is -2.09. The first-order chi connectivity index (χ1) is 9.01. The summed E-state index contributed by atoms with van der Waals surface area (Å²) in [7, 11) is 0. The number of carboxylic acid groups (broad SMARTS) is 1. The summed E-state index contributed by atoms with van der Waals surface area (Å²) >= 11 is 0. The first kappa shape index (κ1) is 17.5. The van der Waals surface area contributed by atoms with Crippen molar-refractivity contribution in [2.45, 2.75) is 26.9 Å². The van der Waals surface area contributed by atoms with Crippen LogP contribution >= 0.6 is 0 Å². The number of carbonyl (C=O) groups is 1. The van der Waals surface area contributed by atoms with Crippen molar-refractivity contribution < 1.29 is 19.1 Å². The molecule has 0 aliphatic carbocycles. The Kier molecular flexibility index (Phi) is 9.66. The molecule has 4 nitrogen and oxygen atoms in total. The van der Waals surface area contributed by atoms with E-state index in [-0.39, 0.29) is 5.92 Å². The maximum atomic E-state index is 11.9. The molecule has 19 heavy (non-hydrogen) atoms. The van der Waals surface area contributed by atoms with Crippen LogP contribution in [-0.4, -0.2) is 17.8 Å². The van der Waals surface area contributed by atoms with Gasteiger partial charge in [0.15, 0.2) is 0 Å². The number of halogens is 1. The van der Waals surface area contributed by atoms with Crippen LogP contribution in [0.3, 0.4) is 0 Å². The summed E-state index contributed by atoms with van der Waals surface area (Å²) in [5.41, 5.74) is 1.10. The van der Waals surface area contributed by atoms with Gasteiger partial charge in [0, 0.05) is 0 Å². The number of hydrogen-bond donors (Lipinski definition) is 2. The Hall–Kier alpha value is -1.46. The number of hydrogen-bond acceptors (Lipinski definition) is 3. The highest BCUT2D eigenvalue weighted by Crippen LogP contribution is 2.11. The molecule has 0 bridgehead atoms. The minimum Gasteiger partial charge on any atom is -0.481 e. The first-order valence-corrected chi connectivity index (χ1v) is 6.15. The molecule has 0 saturated carbocycles. The molecule has 0 amide bonds. The quantitative estimate of drug-likeness (QED) is 0.780. The normalized spacial score (nSPS) is 11.6. The Bertz CT molecular complexity index is 344. The van der Waals surface area contributed by atoms with Crippen LogP contribution in [0.4, 0.5) is 4.39 Å². The van der Waals surface area contributed by atoms with Crippen molar-refractivity contribution in [3.8, 4) is 0 Å². The van der Waals surface area contributed by atoms with E-state index < -0.39 is 18.6 Å². The zero-order valence-corrected chi connectivity index (χ0v) is 11.4. The molecule has 0 aromatic heterocycles. The monoisotopic (exact) mass is 271 g/mol. The molecule has 108 valence electrons. The van der Waals surface area contributed by atoms with Gasteiger partial charge in [-0.1, -0.05) is 44.2 Å². The highest BCUT2D eigenvalue weighted by Gasteiger charge is 2.17. The summed E-state index contributed by atoms with van der Waals surface area (Å²) < 4.78 is 11.9. The van der Waals surface area contributed by atoms with E-state index in [0.717, 1.165) is 5.56 Å². The van der Waals surface area contributed by atoms with E-state index in [1.54, 1.807) is 0 Å². The Labute approximate surface area is 113 Å². The molecule has 5 heteroatoms. The second kappa shape index (κ2) is 10.5. The van der Waals surface area contributed by atoms with Crippen LogP contribution in [0.15, 0.2) is 30.3 Å². The molecular weight excluding hydrogens is 249 g/mol. The highest BCUT2D eigenvalue weighted by atomic mass is 19.1. The summed E-state index contributed by atoms with van der Waals surface area (Å²) in [6.07, 6.45) is 0.422. The summed E-state index contributed by atoms with van der Waals surface area (Å²) in [6.45, 7) is 3.49. The van der Waals surface area contributed by atoms with Crippen molar-refractivity contribution in [3.05, 3.63) is 35.9 Å². The van der Waals surface area contributed by atoms with Gasteiger partial charge in [-0.05, 0) is 17.9 Å². The largest absolute Gasteiger partial charge is 0.481 e. The molecule has 0 heterocycles. The second-order valence-electron chi connectivity index (χ2n) is 4.62. The summed E-state index contributed by atoms with van der Waals surface area (Å²) in [6, 6.07) is 9.79. The third-order valence-corrected chi connectivity index (χ3v) is 2.38. The number of alkyl halides is 1. The van der Waals surface area contributed by atoms with Gasteiger partial charge < -0.3 is 5.11 Å². The van der Waals surface area contributed by atoms with E-state index in [0.29, 0.717) is 13.0 Å². The lowest BCUT2D eigenvalue weighted by Crippen LogP contribution is -2.17. The molecule has 0 spiro atoms. The van der Waals surface area contributed by atoms with E-state index in [4.69, 9.17) is 11.0 Å². The minimum atomic E-state index is -1.03. The van der Waals surface area contributed by atoms with Crippen LogP contribution in [0.1, 0.15) is 25.8 Å². The maximum absolute atomic E-state index is 11.9. The topological polar surface area (TPSA) is 72.5 Å². The van der Waals surface area contributed by atoms with Gasteiger partial charge in [0.1, 0.15) is 6.67 Å². The van der Waals surface area contributed by atoms with E-state index in [9.17, 15) is 9.18 Å². The van der Waals surface area contributed by atoms with E-state index >= 15 is 0 Å². The third-order valence-electron chi connectivity index (χ3n) is 2.38. The molecule has 0 aliphatic heterocycles. The van der Waals surface area contributed by atoms with Crippen molar-refractivity contribution in [2.75, 3.05) is 6.67 Å². The van der Waals surface area contributed by atoms with Gasteiger partial charge in [-0.3, -0.25) is 14.0 Å². The van der Waals surface area contributed by atoms with Crippen molar-refractivity contribution in [3.63, 3.8) is 0 Å². The Balaban J connectivity index is 0.000000342. The van der Waals surface area contributed by atoms with Crippen LogP contribution in [0.25, 0.3) is 0 Å².